The molecule has 0 fully saturated rings. The van der Waals surface area contributed by atoms with E-state index in [1.807, 2.05) is 25.1 Å². The molecule has 5 nitrogen and oxygen atoms in total. The number of aryl methyl sites for hydroxylation is 1. The Labute approximate surface area is 155 Å². The molecule has 26 heavy (non-hydrogen) atoms. The van der Waals surface area contributed by atoms with Gasteiger partial charge >= 0.3 is 0 Å². The van der Waals surface area contributed by atoms with E-state index >= 15 is 0 Å². The third kappa shape index (κ3) is 4.22. The summed E-state index contributed by atoms with van der Waals surface area (Å²) >= 11 is 0. The Hall–Kier alpha value is -2.40. The molecule has 0 saturated heterocycles. The Morgan fingerprint density at radius 3 is 2.46 bits per heavy atom. The molecule has 140 valence electrons. The van der Waals surface area contributed by atoms with Crippen LogP contribution in [-0.2, 0) is 13.0 Å². The molecule has 1 aliphatic rings. The van der Waals surface area contributed by atoms with Gasteiger partial charge in [-0.25, -0.2) is 0 Å². The predicted molar refractivity (Wildman–Crippen MR) is 104 cm³/mol. The highest BCUT2D eigenvalue weighted by Gasteiger charge is 2.19. The first kappa shape index (κ1) is 18.4. The van der Waals surface area contributed by atoms with Crippen molar-refractivity contribution in [1.82, 2.24) is 4.90 Å². The first-order valence-corrected chi connectivity index (χ1v) is 9.05. The smallest absolute Gasteiger partial charge is 0.161 e. The third-order valence-corrected chi connectivity index (χ3v) is 4.93. The van der Waals surface area contributed by atoms with Crippen molar-refractivity contribution in [3.63, 3.8) is 0 Å². The Morgan fingerprint density at radius 1 is 1.04 bits per heavy atom. The summed E-state index contributed by atoms with van der Waals surface area (Å²) in [6.45, 7) is 5.72. The molecule has 0 atom stereocenters. The van der Waals surface area contributed by atoms with E-state index in [1.165, 1.54) is 11.1 Å². The topological polar surface area (TPSA) is 57.0 Å². The van der Waals surface area contributed by atoms with Crippen LogP contribution in [0.2, 0.25) is 0 Å². The molecule has 0 aromatic heterocycles. The summed E-state index contributed by atoms with van der Waals surface area (Å²) in [6, 6.07) is 10.0. The van der Waals surface area contributed by atoms with Crippen LogP contribution in [0.4, 0.5) is 5.69 Å². The molecule has 0 unspecified atom stereocenters. The van der Waals surface area contributed by atoms with Crippen LogP contribution in [-0.4, -0.2) is 38.8 Å². The number of hydrogen-bond acceptors (Lipinski definition) is 5. The van der Waals surface area contributed by atoms with Crippen LogP contribution >= 0.6 is 0 Å². The van der Waals surface area contributed by atoms with E-state index in [1.54, 1.807) is 14.2 Å². The van der Waals surface area contributed by atoms with E-state index in [2.05, 4.69) is 17.0 Å². The Balaban J connectivity index is 1.50. The van der Waals surface area contributed by atoms with E-state index in [0.717, 1.165) is 61.0 Å². The molecule has 0 spiro atoms. The molecular formula is C21H28N2O3. The first-order chi connectivity index (χ1) is 12.6. The summed E-state index contributed by atoms with van der Waals surface area (Å²) in [7, 11) is 3.36. The monoisotopic (exact) mass is 356 g/mol. The fraction of sp³-hybridized carbons (Fsp3) is 0.429. The molecule has 0 saturated carbocycles. The Morgan fingerprint density at radius 2 is 1.77 bits per heavy atom. The second kappa shape index (κ2) is 8.32. The lowest BCUT2D eigenvalue weighted by molar-refractivity contribution is 0.220. The van der Waals surface area contributed by atoms with E-state index < -0.39 is 0 Å². The van der Waals surface area contributed by atoms with Gasteiger partial charge in [-0.15, -0.1) is 0 Å². The zero-order valence-corrected chi connectivity index (χ0v) is 15.9. The summed E-state index contributed by atoms with van der Waals surface area (Å²) in [5, 5.41) is 0. The van der Waals surface area contributed by atoms with E-state index in [4.69, 9.17) is 19.9 Å². The van der Waals surface area contributed by atoms with E-state index in [9.17, 15) is 0 Å². The van der Waals surface area contributed by atoms with Crippen molar-refractivity contribution in [2.24, 2.45) is 0 Å². The molecule has 2 N–H and O–H groups in total. The number of nitrogens with two attached hydrogens (primary N) is 1. The molecule has 0 bridgehead atoms. The predicted octanol–water partition coefficient (Wildman–Crippen LogP) is 3.42. The van der Waals surface area contributed by atoms with Crippen molar-refractivity contribution < 1.29 is 14.2 Å². The molecule has 2 aromatic carbocycles. The van der Waals surface area contributed by atoms with Crippen LogP contribution in [0.5, 0.6) is 17.2 Å². The van der Waals surface area contributed by atoms with Gasteiger partial charge in [0.15, 0.2) is 11.5 Å². The molecule has 0 amide bonds. The van der Waals surface area contributed by atoms with Gasteiger partial charge in [0.2, 0.25) is 0 Å². The van der Waals surface area contributed by atoms with Crippen LogP contribution in [0.1, 0.15) is 23.1 Å². The van der Waals surface area contributed by atoms with Gasteiger partial charge in [0.25, 0.3) is 0 Å². The first-order valence-electron chi connectivity index (χ1n) is 9.05. The normalized spacial score (nSPS) is 14.0. The third-order valence-electron chi connectivity index (χ3n) is 4.93. The summed E-state index contributed by atoms with van der Waals surface area (Å²) in [5.41, 5.74) is 10.4. The van der Waals surface area contributed by atoms with Crippen molar-refractivity contribution in [2.45, 2.75) is 26.3 Å². The lowest BCUT2D eigenvalue weighted by Gasteiger charge is -2.29. The van der Waals surface area contributed by atoms with Gasteiger partial charge in [-0.2, -0.15) is 0 Å². The number of hydrogen-bond donors (Lipinski definition) is 1. The zero-order valence-electron chi connectivity index (χ0n) is 15.9. The average Bonchev–Trinajstić information content (AvgIpc) is 2.66. The largest absolute Gasteiger partial charge is 0.494 e. The minimum atomic E-state index is 0.707. The number of anilines is 1. The Kier molecular flexibility index (Phi) is 5.89. The number of fused-ring (bicyclic) bond motifs is 1. The maximum absolute atomic E-state index is 5.85. The number of ether oxygens (including phenoxy) is 3. The van der Waals surface area contributed by atoms with E-state index in [0.29, 0.717) is 6.61 Å². The fourth-order valence-electron chi connectivity index (χ4n) is 3.35. The van der Waals surface area contributed by atoms with Gasteiger partial charge in [0, 0.05) is 25.3 Å². The number of benzene rings is 2. The van der Waals surface area contributed by atoms with Crippen LogP contribution < -0.4 is 19.9 Å². The highest BCUT2D eigenvalue weighted by atomic mass is 16.5. The lowest BCUT2D eigenvalue weighted by Crippen LogP contribution is -2.32. The summed E-state index contributed by atoms with van der Waals surface area (Å²) < 4.78 is 16.7. The van der Waals surface area contributed by atoms with Gasteiger partial charge in [-0.05, 0) is 66.8 Å². The van der Waals surface area contributed by atoms with Crippen LogP contribution in [0.15, 0.2) is 30.3 Å². The number of nitrogen functional groups attached to an aromatic ring is 1. The minimum Gasteiger partial charge on any atom is -0.494 e. The maximum Gasteiger partial charge on any atom is 0.161 e. The molecule has 5 heteroatoms. The van der Waals surface area contributed by atoms with Crippen LogP contribution in [0, 0.1) is 6.92 Å². The summed E-state index contributed by atoms with van der Waals surface area (Å²) in [4.78, 5) is 2.46. The van der Waals surface area contributed by atoms with Crippen molar-refractivity contribution in [2.75, 3.05) is 39.6 Å². The molecule has 0 radical (unpaired) electrons. The Bertz CT molecular complexity index is 761. The van der Waals surface area contributed by atoms with Gasteiger partial charge in [-0.1, -0.05) is 0 Å². The summed E-state index contributed by atoms with van der Waals surface area (Å²) in [6.07, 6.45) is 2.03. The molecule has 1 heterocycles. The number of methoxy groups -OCH3 is 2. The van der Waals surface area contributed by atoms with Gasteiger partial charge in [-0.3, -0.25) is 4.90 Å². The van der Waals surface area contributed by atoms with Gasteiger partial charge in [0.05, 0.1) is 20.8 Å². The molecule has 3 rings (SSSR count). The van der Waals surface area contributed by atoms with Crippen molar-refractivity contribution in [3.05, 3.63) is 47.0 Å². The number of rotatable bonds is 7. The minimum absolute atomic E-state index is 0.707. The standard InChI is InChI=1S/C21H28N2O3/c1-15-11-18(5-6-19(15)22)26-10-4-8-23-9-7-16-12-20(24-2)21(25-3)13-17(16)14-23/h5-6,11-13H,4,7-10,14,22H2,1-3H3. The highest BCUT2D eigenvalue weighted by molar-refractivity contribution is 5.49. The molecule has 2 aromatic rings. The van der Waals surface area contributed by atoms with Crippen molar-refractivity contribution in [1.29, 1.82) is 0 Å². The van der Waals surface area contributed by atoms with Crippen LogP contribution in [0.3, 0.4) is 0 Å². The second-order valence-electron chi connectivity index (χ2n) is 6.72. The van der Waals surface area contributed by atoms with E-state index in [-0.39, 0.29) is 0 Å². The quantitative estimate of drug-likeness (QED) is 0.608. The number of nitrogens with zero attached hydrogens (tertiary/aromatic N) is 1. The van der Waals surface area contributed by atoms with Crippen LogP contribution in [0.25, 0.3) is 0 Å². The molecular weight excluding hydrogens is 328 g/mol. The SMILES string of the molecule is COc1cc2c(cc1OC)CN(CCCOc1ccc(N)c(C)c1)CC2. The second-order valence-corrected chi connectivity index (χ2v) is 6.72. The fourth-order valence-corrected chi connectivity index (χ4v) is 3.35. The van der Waals surface area contributed by atoms with Crippen molar-refractivity contribution >= 4 is 5.69 Å². The summed E-state index contributed by atoms with van der Waals surface area (Å²) in [5.74, 6) is 2.50. The highest BCUT2D eigenvalue weighted by Crippen LogP contribution is 2.33. The van der Waals surface area contributed by atoms with Gasteiger partial charge < -0.3 is 19.9 Å². The maximum atomic E-state index is 5.85. The zero-order chi connectivity index (χ0) is 18.5. The molecule has 1 aliphatic heterocycles. The molecule has 0 aliphatic carbocycles. The van der Waals surface area contributed by atoms with Crippen molar-refractivity contribution in [3.8, 4) is 17.2 Å². The van der Waals surface area contributed by atoms with Gasteiger partial charge in [0.1, 0.15) is 5.75 Å². The average molecular weight is 356 g/mol. The lowest BCUT2D eigenvalue weighted by atomic mass is 9.98.